The van der Waals surface area contributed by atoms with Crippen molar-refractivity contribution in [3.05, 3.63) is 22.1 Å². The zero-order valence-corrected chi connectivity index (χ0v) is 14.0. The highest BCUT2D eigenvalue weighted by Gasteiger charge is 2.24. The molecule has 1 aliphatic heterocycles. The third-order valence-electron chi connectivity index (χ3n) is 4.07. The van der Waals surface area contributed by atoms with Crippen LogP contribution in [0, 0.1) is 5.92 Å². The van der Waals surface area contributed by atoms with Crippen LogP contribution in [0.5, 0.6) is 0 Å². The summed E-state index contributed by atoms with van der Waals surface area (Å²) in [7, 11) is 0. The number of carbonyl (C=O) groups is 1. The van der Waals surface area contributed by atoms with Crippen molar-refractivity contribution in [3.8, 4) is 0 Å². The van der Waals surface area contributed by atoms with Crippen LogP contribution in [0.3, 0.4) is 0 Å². The molecular formula is C15H21N5O2S. The van der Waals surface area contributed by atoms with Gasteiger partial charge in [-0.25, -0.2) is 4.98 Å². The maximum absolute atomic E-state index is 12.2. The molecule has 3 heterocycles. The fourth-order valence-corrected chi connectivity index (χ4v) is 4.01. The molecule has 2 aromatic heterocycles. The van der Waals surface area contributed by atoms with Crippen molar-refractivity contribution >= 4 is 27.3 Å². The van der Waals surface area contributed by atoms with Crippen LogP contribution in [0.1, 0.15) is 38.3 Å². The van der Waals surface area contributed by atoms with E-state index in [0.717, 1.165) is 49.6 Å². The van der Waals surface area contributed by atoms with Crippen molar-refractivity contribution in [2.75, 3.05) is 18.0 Å². The van der Waals surface area contributed by atoms with E-state index >= 15 is 0 Å². The number of hydrogen-bond donors (Lipinski definition) is 1. The summed E-state index contributed by atoms with van der Waals surface area (Å²) in [5.41, 5.74) is 5.99. The lowest BCUT2D eigenvalue weighted by Gasteiger charge is -2.31. The first-order valence-electron chi connectivity index (χ1n) is 8.00. The highest BCUT2D eigenvalue weighted by atomic mass is 32.1. The number of carbonyl (C=O) groups excluding carboxylic acids is 1. The average Bonchev–Trinajstić information content (AvgIpc) is 2.92. The number of rotatable bonds is 5. The average molecular weight is 335 g/mol. The van der Waals surface area contributed by atoms with Gasteiger partial charge in [0, 0.05) is 31.3 Å². The molecule has 1 fully saturated rings. The zero-order valence-electron chi connectivity index (χ0n) is 13.2. The number of primary amides is 1. The van der Waals surface area contributed by atoms with Gasteiger partial charge in [-0.2, -0.15) is 4.52 Å². The predicted molar refractivity (Wildman–Crippen MR) is 89.9 cm³/mol. The van der Waals surface area contributed by atoms with Gasteiger partial charge in [-0.3, -0.25) is 9.59 Å². The molecule has 3 rings (SSSR count). The molecule has 0 spiro atoms. The molecule has 0 bridgehead atoms. The highest BCUT2D eigenvalue weighted by Crippen LogP contribution is 2.28. The van der Waals surface area contributed by atoms with Crippen molar-refractivity contribution in [2.24, 2.45) is 11.7 Å². The van der Waals surface area contributed by atoms with E-state index in [1.165, 1.54) is 15.9 Å². The molecule has 0 aliphatic carbocycles. The van der Waals surface area contributed by atoms with Crippen molar-refractivity contribution in [3.63, 3.8) is 0 Å². The Hall–Kier alpha value is -1.96. The third-order valence-corrected chi connectivity index (χ3v) is 5.04. The number of aromatic nitrogens is 3. The Labute approximate surface area is 138 Å². The number of nitrogens with two attached hydrogens (primary N) is 1. The Morgan fingerprint density at radius 1 is 1.52 bits per heavy atom. The van der Waals surface area contributed by atoms with Crippen molar-refractivity contribution in [2.45, 2.75) is 39.0 Å². The molecule has 0 aromatic carbocycles. The normalized spacial score (nSPS) is 18.5. The largest absolute Gasteiger partial charge is 0.370 e. The number of amides is 1. The molecule has 1 atom stereocenters. The first-order valence-corrected chi connectivity index (χ1v) is 8.81. The van der Waals surface area contributed by atoms with Crippen molar-refractivity contribution in [1.82, 2.24) is 14.6 Å². The zero-order chi connectivity index (χ0) is 16.4. The van der Waals surface area contributed by atoms with Crippen LogP contribution in [-0.4, -0.2) is 33.6 Å². The van der Waals surface area contributed by atoms with Gasteiger partial charge in [-0.15, -0.1) is 5.10 Å². The standard InChI is InChI=1S/C15H21N5O2S/c1-2-4-11-8-13(22)20-14(17-11)23-15(18-20)19-6-3-5-10(9-19)7-12(16)21/h8,10H,2-7,9H2,1H3,(H2,16,21). The lowest BCUT2D eigenvalue weighted by Crippen LogP contribution is -2.37. The fourth-order valence-electron chi connectivity index (χ4n) is 3.05. The Bertz CT molecular complexity index is 769. The summed E-state index contributed by atoms with van der Waals surface area (Å²) in [4.78, 5) is 30.6. The van der Waals surface area contributed by atoms with E-state index in [4.69, 9.17) is 5.73 Å². The van der Waals surface area contributed by atoms with E-state index in [0.29, 0.717) is 11.4 Å². The SMILES string of the molecule is CCCc1cc(=O)n2nc(N3CCCC(CC(N)=O)C3)sc2n1. The predicted octanol–water partition coefficient (Wildman–Crippen LogP) is 1.20. The second-order valence-electron chi connectivity index (χ2n) is 6.04. The van der Waals surface area contributed by atoms with Gasteiger partial charge >= 0.3 is 0 Å². The summed E-state index contributed by atoms with van der Waals surface area (Å²) in [6, 6.07) is 1.56. The second kappa shape index (κ2) is 6.66. The van der Waals surface area contributed by atoms with E-state index in [1.54, 1.807) is 6.07 Å². The number of nitrogens with zero attached hydrogens (tertiary/aromatic N) is 4. The van der Waals surface area contributed by atoms with Crippen LogP contribution in [-0.2, 0) is 11.2 Å². The summed E-state index contributed by atoms with van der Waals surface area (Å²) in [5, 5.41) is 5.21. The number of piperidine rings is 1. The van der Waals surface area contributed by atoms with Gasteiger partial charge in [-0.1, -0.05) is 24.7 Å². The lowest BCUT2D eigenvalue weighted by atomic mass is 9.95. The molecule has 0 radical (unpaired) electrons. The van der Waals surface area contributed by atoms with Gasteiger partial charge in [0.15, 0.2) is 0 Å². The molecular weight excluding hydrogens is 314 g/mol. The Morgan fingerprint density at radius 3 is 3.09 bits per heavy atom. The van der Waals surface area contributed by atoms with Crippen molar-refractivity contribution < 1.29 is 4.79 Å². The molecule has 1 unspecified atom stereocenters. The Balaban J connectivity index is 1.86. The molecule has 8 heteroatoms. The molecule has 124 valence electrons. The van der Waals surface area contributed by atoms with E-state index in [1.807, 2.05) is 0 Å². The lowest BCUT2D eigenvalue weighted by molar-refractivity contribution is -0.118. The van der Waals surface area contributed by atoms with Crippen LogP contribution in [0.15, 0.2) is 10.9 Å². The number of hydrogen-bond acceptors (Lipinski definition) is 6. The molecule has 2 N–H and O–H groups in total. The third kappa shape index (κ3) is 3.52. The molecule has 1 amide bonds. The monoisotopic (exact) mass is 335 g/mol. The maximum atomic E-state index is 12.2. The van der Waals surface area contributed by atoms with E-state index in [9.17, 15) is 9.59 Å². The summed E-state index contributed by atoms with van der Waals surface area (Å²) >= 11 is 1.43. The number of anilines is 1. The maximum Gasteiger partial charge on any atom is 0.275 e. The van der Waals surface area contributed by atoms with Crippen LogP contribution in [0.2, 0.25) is 0 Å². The van der Waals surface area contributed by atoms with Crippen LogP contribution in [0.25, 0.3) is 4.96 Å². The van der Waals surface area contributed by atoms with Gasteiger partial charge in [0.2, 0.25) is 16.0 Å². The smallest absolute Gasteiger partial charge is 0.275 e. The number of fused-ring (bicyclic) bond motifs is 1. The first-order chi connectivity index (χ1) is 11.1. The number of aryl methyl sites for hydroxylation is 1. The van der Waals surface area contributed by atoms with E-state index in [-0.39, 0.29) is 17.4 Å². The van der Waals surface area contributed by atoms with Gasteiger partial charge in [0.25, 0.3) is 5.56 Å². The summed E-state index contributed by atoms with van der Waals surface area (Å²) in [6.07, 6.45) is 4.15. The van der Waals surface area contributed by atoms with Crippen LogP contribution in [0.4, 0.5) is 5.13 Å². The Kier molecular flexibility index (Phi) is 4.61. The Morgan fingerprint density at radius 2 is 2.35 bits per heavy atom. The van der Waals surface area contributed by atoms with Gasteiger partial charge < -0.3 is 10.6 Å². The van der Waals surface area contributed by atoms with Gasteiger partial charge in [0.1, 0.15) is 0 Å². The van der Waals surface area contributed by atoms with Gasteiger partial charge in [0.05, 0.1) is 0 Å². The summed E-state index contributed by atoms with van der Waals surface area (Å²) in [6.45, 7) is 3.69. The first kappa shape index (κ1) is 15.9. The second-order valence-corrected chi connectivity index (χ2v) is 6.97. The minimum Gasteiger partial charge on any atom is -0.370 e. The molecule has 1 saturated heterocycles. The summed E-state index contributed by atoms with van der Waals surface area (Å²) in [5.74, 6) is -0.00293. The molecule has 23 heavy (non-hydrogen) atoms. The summed E-state index contributed by atoms with van der Waals surface area (Å²) < 4.78 is 1.37. The molecule has 7 nitrogen and oxygen atoms in total. The quantitative estimate of drug-likeness (QED) is 0.886. The minimum atomic E-state index is -0.261. The van der Waals surface area contributed by atoms with Gasteiger partial charge in [-0.05, 0) is 25.2 Å². The minimum absolute atomic E-state index is 0.133. The van der Waals surface area contributed by atoms with E-state index < -0.39 is 0 Å². The molecule has 0 saturated carbocycles. The van der Waals surface area contributed by atoms with E-state index in [2.05, 4.69) is 21.9 Å². The molecule has 1 aliphatic rings. The van der Waals surface area contributed by atoms with Crippen LogP contribution < -0.4 is 16.2 Å². The fraction of sp³-hybridized carbons (Fsp3) is 0.600. The topological polar surface area (TPSA) is 93.6 Å². The molecule has 2 aromatic rings. The highest BCUT2D eigenvalue weighted by molar-refractivity contribution is 7.20. The van der Waals surface area contributed by atoms with Crippen LogP contribution >= 0.6 is 11.3 Å². The van der Waals surface area contributed by atoms with Crippen molar-refractivity contribution in [1.29, 1.82) is 0 Å².